The fourth-order valence-electron chi connectivity index (χ4n) is 2.21. The van der Waals surface area contributed by atoms with E-state index in [1.807, 2.05) is 14.0 Å². The molecule has 4 heteroatoms. The molecule has 0 fully saturated rings. The number of likely N-dealkylation sites (N-methyl/N-ethyl adjacent to an activating group) is 1. The summed E-state index contributed by atoms with van der Waals surface area (Å²) in [6.07, 6.45) is 2.30. The van der Waals surface area contributed by atoms with Gasteiger partial charge >= 0.3 is 0 Å². The molecule has 0 aliphatic carbocycles. The second kappa shape index (κ2) is 6.59. The van der Waals surface area contributed by atoms with Gasteiger partial charge < -0.3 is 15.1 Å². The summed E-state index contributed by atoms with van der Waals surface area (Å²) in [7, 11) is 1.82. The number of hydrogen-bond donors (Lipinski definition) is 1. The maximum absolute atomic E-state index is 12.4. The maximum Gasteiger partial charge on any atom is 0.257 e. The monoisotopic (exact) mass is 286 g/mol. The molecular formula is C17H22N2O2. The third kappa shape index (κ3) is 3.73. The van der Waals surface area contributed by atoms with Gasteiger partial charge in [-0.05, 0) is 31.9 Å². The van der Waals surface area contributed by atoms with Crippen LogP contribution in [-0.4, -0.2) is 23.9 Å². The van der Waals surface area contributed by atoms with Crippen molar-refractivity contribution in [2.75, 3.05) is 7.05 Å². The molecule has 0 aliphatic rings. The maximum atomic E-state index is 12.4. The normalized spacial score (nSPS) is 12.2. The minimum atomic E-state index is -0.0435. The van der Waals surface area contributed by atoms with Crippen molar-refractivity contribution in [3.8, 4) is 0 Å². The number of hydrogen-bond acceptors (Lipinski definition) is 3. The van der Waals surface area contributed by atoms with E-state index in [1.165, 1.54) is 17.4 Å². The van der Waals surface area contributed by atoms with Crippen LogP contribution in [0.15, 0.2) is 41.0 Å². The Hall–Kier alpha value is -2.07. The molecule has 1 amide bonds. The molecule has 2 N–H and O–H groups in total. The molecule has 0 radical (unpaired) electrons. The van der Waals surface area contributed by atoms with Gasteiger partial charge in [-0.25, -0.2) is 0 Å². The smallest absolute Gasteiger partial charge is 0.257 e. The van der Waals surface area contributed by atoms with Crippen LogP contribution in [0.2, 0.25) is 0 Å². The Morgan fingerprint density at radius 2 is 2.00 bits per heavy atom. The highest BCUT2D eigenvalue weighted by Gasteiger charge is 2.19. The molecule has 1 atom stereocenters. The lowest BCUT2D eigenvalue weighted by Gasteiger charge is -2.24. The number of nitrogens with zero attached hydrogens (tertiary/aromatic N) is 1. The number of furan rings is 1. The molecule has 4 nitrogen and oxygen atoms in total. The van der Waals surface area contributed by atoms with E-state index >= 15 is 0 Å². The third-order valence-corrected chi connectivity index (χ3v) is 3.74. The lowest BCUT2D eigenvalue weighted by molar-refractivity contribution is 0.0743. The third-order valence-electron chi connectivity index (χ3n) is 3.74. The first-order valence-corrected chi connectivity index (χ1v) is 7.11. The van der Waals surface area contributed by atoms with E-state index in [0.717, 1.165) is 6.42 Å². The summed E-state index contributed by atoms with van der Waals surface area (Å²) >= 11 is 0. The average Bonchev–Trinajstić information content (AvgIpc) is 2.97. The highest BCUT2D eigenvalue weighted by molar-refractivity contribution is 5.94. The van der Waals surface area contributed by atoms with Crippen molar-refractivity contribution in [1.29, 1.82) is 0 Å². The summed E-state index contributed by atoms with van der Waals surface area (Å²) in [6, 6.07) is 10.2. The van der Waals surface area contributed by atoms with Gasteiger partial charge in [0.2, 0.25) is 0 Å². The lowest BCUT2D eigenvalue weighted by Crippen LogP contribution is -2.36. The van der Waals surface area contributed by atoms with E-state index in [-0.39, 0.29) is 11.9 Å². The number of benzene rings is 1. The minimum absolute atomic E-state index is 0.0435. The van der Waals surface area contributed by atoms with Crippen LogP contribution in [-0.2, 0) is 13.0 Å². The van der Waals surface area contributed by atoms with Crippen molar-refractivity contribution in [1.82, 2.24) is 4.90 Å². The van der Waals surface area contributed by atoms with Gasteiger partial charge in [0.05, 0.1) is 12.1 Å². The SMILES string of the molecule is Cc1ccc(CC(C)N(C)C(=O)c2coc(CN)c2)cc1. The van der Waals surface area contributed by atoms with E-state index in [0.29, 0.717) is 17.9 Å². The van der Waals surface area contributed by atoms with Crippen LogP contribution in [0.4, 0.5) is 0 Å². The van der Waals surface area contributed by atoms with Crippen LogP contribution < -0.4 is 5.73 Å². The second-order valence-electron chi connectivity index (χ2n) is 5.46. The summed E-state index contributed by atoms with van der Waals surface area (Å²) < 4.78 is 5.22. The van der Waals surface area contributed by atoms with Gasteiger partial charge in [-0.15, -0.1) is 0 Å². The predicted molar refractivity (Wildman–Crippen MR) is 83.0 cm³/mol. The summed E-state index contributed by atoms with van der Waals surface area (Å²) in [5.74, 6) is 0.580. The fraction of sp³-hybridized carbons (Fsp3) is 0.353. The van der Waals surface area contributed by atoms with Gasteiger partial charge in [-0.2, -0.15) is 0 Å². The number of carbonyl (C=O) groups excluding carboxylic acids is 1. The minimum Gasteiger partial charge on any atom is -0.467 e. The topological polar surface area (TPSA) is 59.5 Å². The zero-order chi connectivity index (χ0) is 15.4. The molecule has 0 aliphatic heterocycles. The van der Waals surface area contributed by atoms with Crippen molar-refractivity contribution in [3.05, 3.63) is 59.0 Å². The number of amides is 1. The van der Waals surface area contributed by atoms with Crippen molar-refractivity contribution < 1.29 is 9.21 Å². The molecule has 21 heavy (non-hydrogen) atoms. The first-order valence-electron chi connectivity index (χ1n) is 7.11. The number of rotatable bonds is 5. The number of aryl methyl sites for hydroxylation is 1. The van der Waals surface area contributed by atoms with Gasteiger partial charge in [-0.1, -0.05) is 29.8 Å². The van der Waals surface area contributed by atoms with Crippen LogP contribution in [0.1, 0.15) is 34.2 Å². The Labute approximate surface area is 125 Å². The molecule has 2 rings (SSSR count). The van der Waals surface area contributed by atoms with Crippen molar-refractivity contribution in [2.45, 2.75) is 32.9 Å². The first kappa shape index (κ1) is 15.3. The van der Waals surface area contributed by atoms with Gasteiger partial charge in [0.25, 0.3) is 5.91 Å². The molecule has 0 spiro atoms. The molecule has 1 aromatic carbocycles. The molecule has 112 valence electrons. The fourth-order valence-corrected chi connectivity index (χ4v) is 2.21. The zero-order valence-electron chi connectivity index (χ0n) is 12.8. The number of carbonyl (C=O) groups is 1. The van der Waals surface area contributed by atoms with Crippen LogP contribution in [0, 0.1) is 6.92 Å². The largest absolute Gasteiger partial charge is 0.467 e. The van der Waals surface area contributed by atoms with Crippen LogP contribution >= 0.6 is 0 Å². The van der Waals surface area contributed by atoms with Crippen LogP contribution in [0.25, 0.3) is 0 Å². The molecule has 2 aromatic rings. The van der Waals surface area contributed by atoms with Gasteiger partial charge in [0.1, 0.15) is 12.0 Å². The number of nitrogens with two attached hydrogens (primary N) is 1. The van der Waals surface area contributed by atoms with Crippen LogP contribution in [0.5, 0.6) is 0 Å². The molecule has 1 heterocycles. The Balaban J connectivity index is 2.02. The van der Waals surface area contributed by atoms with E-state index in [1.54, 1.807) is 11.0 Å². The highest BCUT2D eigenvalue weighted by atomic mass is 16.3. The van der Waals surface area contributed by atoms with Gasteiger partial charge in [0.15, 0.2) is 0 Å². The standard InChI is InChI=1S/C17H22N2O2/c1-12-4-6-14(7-5-12)8-13(2)19(3)17(20)15-9-16(10-18)21-11-15/h4-7,9,11,13H,8,10,18H2,1-3H3. The Kier molecular flexibility index (Phi) is 4.81. The highest BCUT2D eigenvalue weighted by Crippen LogP contribution is 2.14. The van der Waals surface area contributed by atoms with E-state index in [9.17, 15) is 4.79 Å². The van der Waals surface area contributed by atoms with Crippen molar-refractivity contribution in [2.24, 2.45) is 5.73 Å². The summed E-state index contributed by atoms with van der Waals surface area (Å²) in [5, 5.41) is 0. The average molecular weight is 286 g/mol. The Morgan fingerprint density at radius 1 is 1.33 bits per heavy atom. The first-order chi connectivity index (χ1) is 10.0. The quantitative estimate of drug-likeness (QED) is 0.919. The van der Waals surface area contributed by atoms with Crippen molar-refractivity contribution >= 4 is 5.91 Å². The van der Waals surface area contributed by atoms with Gasteiger partial charge in [0, 0.05) is 13.1 Å². The predicted octanol–water partition coefficient (Wildman–Crippen LogP) is 2.75. The summed E-state index contributed by atoms with van der Waals surface area (Å²) in [6.45, 7) is 4.41. The summed E-state index contributed by atoms with van der Waals surface area (Å²) in [4.78, 5) is 14.1. The van der Waals surface area contributed by atoms with Gasteiger partial charge in [-0.3, -0.25) is 4.79 Å². The molecule has 0 saturated heterocycles. The zero-order valence-corrected chi connectivity index (χ0v) is 12.8. The second-order valence-corrected chi connectivity index (χ2v) is 5.46. The van der Waals surface area contributed by atoms with E-state index in [2.05, 4.69) is 31.2 Å². The summed E-state index contributed by atoms with van der Waals surface area (Å²) in [5.41, 5.74) is 8.51. The molecule has 0 saturated carbocycles. The van der Waals surface area contributed by atoms with Crippen molar-refractivity contribution in [3.63, 3.8) is 0 Å². The molecular weight excluding hydrogens is 264 g/mol. The molecule has 1 aromatic heterocycles. The Morgan fingerprint density at radius 3 is 2.57 bits per heavy atom. The lowest BCUT2D eigenvalue weighted by atomic mass is 10.0. The molecule has 1 unspecified atom stereocenters. The molecule has 0 bridgehead atoms. The Bertz CT molecular complexity index is 602. The van der Waals surface area contributed by atoms with Crippen LogP contribution in [0.3, 0.4) is 0 Å². The van der Waals surface area contributed by atoms with E-state index < -0.39 is 0 Å². The van der Waals surface area contributed by atoms with E-state index in [4.69, 9.17) is 10.2 Å².